The molecule has 1 N–H and O–H groups in total. The van der Waals surface area contributed by atoms with Crippen molar-refractivity contribution >= 4 is 40.0 Å². The third kappa shape index (κ3) is 5.69. The Morgan fingerprint density at radius 2 is 2.25 bits per heavy atom. The standard InChI is InChI=1S/C15H12BrN3O5/c16-11-3-1-4-13(9-11)23-10-14(20)18-17-8-2-5-12-6-7-15(24-12)19(21)22/h1-9H,10H2,(H,18,20)/b5-2+,17-8-. The van der Waals surface area contributed by atoms with Gasteiger partial charge in [0, 0.05) is 10.7 Å². The summed E-state index contributed by atoms with van der Waals surface area (Å²) >= 11 is 3.30. The van der Waals surface area contributed by atoms with E-state index in [2.05, 4.69) is 26.5 Å². The van der Waals surface area contributed by atoms with E-state index in [1.807, 2.05) is 6.07 Å². The summed E-state index contributed by atoms with van der Waals surface area (Å²) < 4.78 is 11.0. The molecule has 1 amide bonds. The highest BCUT2D eigenvalue weighted by Crippen LogP contribution is 2.17. The highest BCUT2D eigenvalue weighted by molar-refractivity contribution is 9.10. The van der Waals surface area contributed by atoms with Crippen LogP contribution >= 0.6 is 15.9 Å². The Balaban J connectivity index is 1.73. The van der Waals surface area contributed by atoms with Crippen molar-refractivity contribution in [2.75, 3.05) is 6.61 Å². The number of hydrazone groups is 1. The predicted octanol–water partition coefficient (Wildman–Crippen LogP) is 3.14. The highest BCUT2D eigenvalue weighted by atomic mass is 79.9. The van der Waals surface area contributed by atoms with E-state index in [0.29, 0.717) is 11.5 Å². The van der Waals surface area contributed by atoms with Crippen molar-refractivity contribution in [2.45, 2.75) is 0 Å². The van der Waals surface area contributed by atoms with Crippen LogP contribution < -0.4 is 10.2 Å². The van der Waals surface area contributed by atoms with Crippen LogP contribution in [0.2, 0.25) is 0 Å². The number of amides is 1. The second kappa shape index (κ2) is 8.63. The molecule has 0 spiro atoms. The summed E-state index contributed by atoms with van der Waals surface area (Å²) in [6.45, 7) is -0.179. The fourth-order valence-corrected chi connectivity index (χ4v) is 1.94. The molecule has 0 unspecified atom stereocenters. The number of hydrogen-bond acceptors (Lipinski definition) is 6. The number of halogens is 1. The van der Waals surface area contributed by atoms with E-state index in [1.54, 1.807) is 18.2 Å². The molecule has 1 aromatic carbocycles. The van der Waals surface area contributed by atoms with Crippen LogP contribution in [-0.2, 0) is 4.79 Å². The molecular weight excluding hydrogens is 382 g/mol. The average molecular weight is 394 g/mol. The number of ether oxygens (including phenoxy) is 1. The van der Waals surface area contributed by atoms with Gasteiger partial charge in [-0.25, -0.2) is 5.43 Å². The Hall–Kier alpha value is -2.94. The minimum absolute atomic E-state index is 0.179. The first-order chi connectivity index (χ1) is 11.5. The van der Waals surface area contributed by atoms with Crippen molar-refractivity contribution in [3.05, 3.63) is 62.8 Å². The van der Waals surface area contributed by atoms with E-state index in [0.717, 1.165) is 4.47 Å². The monoisotopic (exact) mass is 393 g/mol. The lowest BCUT2D eigenvalue weighted by Crippen LogP contribution is -2.24. The molecule has 0 saturated heterocycles. The van der Waals surface area contributed by atoms with Gasteiger partial charge in [-0.1, -0.05) is 22.0 Å². The molecule has 2 aromatic rings. The number of nitro groups is 1. The number of benzene rings is 1. The first kappa shape index (κ1) is 17.4. The molecule has 0 radical (unpaired) electrons. The number of nitrogens with one attached hydrogen (secondary N) is 1. The third-order valence-electron chi connectivity index (χ3n) is 2.57. The number of furan rings is 1. The lowest BCUT2D eigenvalue weighted by Gasteiger charge is -2.04. The van der Waals surface area contributed by atoms with Crippen molar-refractivity contribution in [3.63, 3.8) is 0 Å². The molecule has 0 bridgehead atoms. The normalized spacial score (nSPS) is 11.0. The summed E-state index contributed by atoms with van der Waals surface area (Å²) in [6, 6.07) is 9.80. The number of nitrogens with zero attached hydrogens (tertiary/aromatic N) is 2. The van der Waals surface area contributed by atoms with Crippen molar-refractivity contribution < 1.29 is 18.9 Å². The molecule has 0 atom stereocenters. The maximum Gasteiger partial charge on any atom is 0.433 e. The Morgan fingerprint density at radius 1 is 1.42 bits per heavy atom. The third-order valence-corrected chi connectivity index (χ3v) is 3.06. The Bertz CT molecular complexity index is 785. The van der Waals surface area contributed by atoms with Gasteiger partial charge in [0.1, 0.15) is 16.4 Å². The van der Waals surface area contributed by atoms with Crippen LogP contribution in [0.15, 0.2) is 56.5 Å². The van der Waals surface area contributed by atoms with Crippen molar-refractivity contribution in [1.82, 2.24) is 5.43 Å². The number of carbonyl (C=O) groups excluding carboxylic acids is 1. The Labute approximate surface area is 145 Å². The zero-order valence-corrected chi connectivity index (χ0v) is 13.8. The summed E-state index contributed by atoms with van der Waals surface area (Å²) in [7, 11) is 0. The van der Waals surface area contributed by atoms with Gasteiger partial charge < -0.3 is 9.15 Å². The van der Waals surface area contributed by atoms with Gasteiger partial charge in [0.05, 0.1) is 6.07 Å². The quantitative estimate of drug-likeness (QED) is 0.441. The lowest BCUT2D eigenvalue weighted by atomic mass is 10.3. The molecule has 124 valence electrons. The molecule has 24 heavy (non-hydrogen) atoms. The van der Waals surface area contributed by atoms with Crippen molar-refractivity contribution in [1.29, 1.82) is 0 Å². The van der Waals surface area contributed by atoms with Crippen molar-refractivity contribution in [2.24, 2.45) is 5.10 Å². The Kier molecular flexibility index (Phi) is 6.26. The first-order valence-electron chi connectivity index (χ1n) is 6.66. The van der Waals surface area contributed by atoms with E-state index in [4.69, 9.17) is 9.15 Å². The second-order valence-electron chi connectivity index (χ2n) is 4.35. The molecule has 0 aliphatic carbocycles. The van der Waals surface area contributed by atoms with Crippen molar-refractivity contribution in [3.8, 4) is 5.75 Å². The molecule has 9 heteroatoms. The maximum absolute atomic E-state index is 11.5. The van der Waals surface area contributed by atoms with Crippen LogP contribution in [0.1, 0.15) is 5.76 Å². The highest BCUT2D eigenvalue weighted by Gasteiger charge is 2.09. The van der Waals surface area contributed by atoms with E-state index in [9.17, 15) is 14.9 Å². The zero-order valence-electron chi connectivity index (χ0n) is 12.2. The fourth-order valence-electron chi connectivity index (χ4n) is 1.56. The molecule has 0 fully saturated rings. The molecule has 0 aliphatic heterocycles. The predicted molar refractivity (Wildman–Crippen MR) is 90.7 cm³/mol. The summed E-state index contributed by atoms with van der Waals surface area (Å²) in [4.78, 5) is 21.4. The number of rotatable bonds is 7. The molecule has 2 rings (SSSR count). The van der Waals surface area contributed by atoms with Gasteiger partial charge in [0.15, 0.2) is 6.61 Å². The molecule has 1 heterocycles. The molecule has 1 aromatic heterocycles. The topological polar surface area (TPSA) is 107 Å². The van der Waals surface area contributed by atoms with Crippen LogP contribution in [0.4, 0.5) is 5.88 Å². The minimum Gasteiger partial charge on any atom is -0.484 e. The van der Waals surface area contributed by atoms with E-state index < -0.39 is 10.8 Å². The van der Waals surface area contributed by atoms with E-state index in [-0.39, 0.29) is 12.5 Å². The van der Waals surface area contributed by atoms with Gasteiger partial charge in [-0.15, -0.1) is 0 Å². The van der Waals surface area contributed by atoms with E-state index >= 15 is 0 Å². The van der Waals surface area contributed by atoms with Crippen LogP contribution in [0.5, 0.6) is 5.75 Å². The minimum atomic E-state index is -0.628. The van der Waals surface area contributed by atoms with Crippen LogP contribution in [0.25, 0.3) is 6.08 Å². The zero-order chi connectivity index (χ0) is 17.4. The van der Waals surface area contributed by atoms with Gasteiger partial charge >= 0.3 is 5.88 Å². The summed E-state index contributed by atoms with van der Waals surface area (Å²) in [5, 5.41) is 14.1. The van der Waals surface area contributed by atoms with Gasteiger partial charge in [-0.2, -0.15) is 5.10 Å². The maximum atomic E-state index is 11.5. The second-order valence-corrected chi connectivity index (χ2v) is 5.27. The molecule has 0 aliphatic rings. The number of hydrogen-bond donors (Lipinski definition) is 1. The summed E-state index contributed by atoms with van der Waals surface area (Å²) in [5.41, 5.74) is 2.28. The average Bonchev–Trinajstić information content (AvgIpc) is 3.02. The fraction of sp³-hybridized carbons (Fsp3) is 0.0667. The number of allylic oxidation sites excluding steroid dienone is 1. The van der Waals surface area contributed by atoms with Gasteiger partial charge in [0.25, 0.3) is 5.91 Å². The van der Waals surface area contributed by atoms with Crippen LogP contribution in [0.3, 0.4) is 0 Å². The van der Waals surface area contributed by atoms with Crippen LogP contribution in [0, 0.1) is 10.1 Å². The summed E-state index contributed by atoms with van der Waals surface area (Å²) in [6.07, 6.45) is 4.25. The first-order valence-corrected chi connectivity index (χ1v) is 7.45. The van der Waals surface area contributed by atoms with Gasteiger partial charge in [-0.3, -0.25) is 14.9 Å². The number of carbonyl (C=O) groups is 1. The van der Waals surface area contributed by atoms with E-state index in [1.165, 1.54) is 30.5 Å². The summed E-state index contributed by atoms with van der Waals surface area (Å²) in [5.74, 6) is 0.0955. The van der Waals surface area contributed by atoms with Gasteiger partial charge in [0.2, 0.25) is 0 Å². The molecule has 8 nitrogen and oxygen atoms in total. The Morgan fingerprint density at radius 3 is 2.96 bits per heavy atom. The molecule has 0 saturated carbocycles. The molecular formula is C15H12BrN3O5. The lowest BCUT2D eigenvalue weighted by molar-refractivity contribution is -0.402. The SMILES string of the molecule is O=C(COc1cccc(Br)c1)N/N=C\C=C\c1ccc([N+](=O)[O-])o1. The smallest absolute Gasteiger partial charge is 0.433 e. The van der Waals surface area contributed by atoms with Gasteiger partial charge in [-0.05, 0) is 36.4 Å². The largest absolute Gasteiger partial charge is 0.484 e. The van der Waals surface area contributed by atoms with Crippen LogP contribution in [-0.4, -0.2) is 23.7 Å².